The van der Waals surface area contributed by atoms with Crippen molar-refractivity contribution in [1.82, 2.24) is 5.32 Å². The molecular formula is C9H22N2O6S2. The fourth-order valence-corrected chi connectivity index (χ4v) is 1.48. The maximum absolute atomic E-state index is 10.1. The highest BCUT2D eigenvalue weighted by atomic mass is 32.3. The van der Waals surface area contributed by atoms with Gasteiger partial charge in [-0.3, -0.25) is 13.9 Å². The predicted octanol–water partition coefficient (Wildman–Crippen LogP) is -0.132. The van der Waals surface area contributed by atoms with E-state index in [0.29, 0.717) is 6.42 Å². The third-order valence-corrected chi connectivity index (χ3v) is 2.55. The van der Waals surface area contributed by atoms with E-state index in [0.717, 1.165) is 5.75 Å². The molecule has 1 atom stereocenters. The minimum Gasteiger partial charge on any atom is -0.480 e. The molecule has 0 radical (unpaired) electrons. The van der Waals surface area contributed by atoms with Crippen LogP contribution >= 0.6 is 11.8 Å². The van der Waals surface area contributed by atoms with Crippen molar-refractivity contribution >= 4 is 28.1 Å². The summed E-state index contributed by atoms with van der Waals surface area (Å²) >= 11 is 1.60. The molecule has 0 aromatic carbocycles. The van der Waals surface area contributed by atoms with Gasteiger partial charge in [0.15, 0.2) is 0 Å². The molecule has 0 aromatic heterocycles. The predicted molar refractivity (Wildman–Crippen MR) is 74.9 cm³/mol. The molecule has 1 rings (SSSR count). The Labute approximate surface area is 117 Å². The van der Waals surface area contributed by atoms with Crippen LogP contribution in [0, 0.1) is 0 Å². The Balaban J connectivity index is 0. The second kappa shape index (κ2) is 12.6. The molecule has 0 amide bonds. The maximum atomic E-state index is 10.1. The molecule has 116 valence electrons. The first-order valence-electron chi connectivity index (χ1n) is 5.56. The molecule has 1 saturated heterocycles. The Kier molecular flexibility index (Phi) is 13.9. The lowest BCUT2D eigenvalue weighted by atomic mass is 10.2. The van der Waals surface area contributed by atoms with Crippen LogP contribution in [0.25, 0.3) is 0 Å². The topological polar surface area (TPSA) is 150 Å². The fraction of sp³-hybridized carbons (Fsp3) is 0.889. The second-order valence-electron chi connectivity index (χ2n) is 3.63. The van der Waals surface area contributed by atoms with Crippen LogP contribution in [-0.4, -0.2) is 59.7 Å². The van der Waals surface area contributed by atoms with E-state index in [1.807, 2.05) is 6.26 Å². The van der Waals surface area contributed by atoms with Crippen molar-refractivity contribution in [3.63, 3.8) is 0 Å². The van der Waals surface area contributed by atoms with Gasteiger partial charge in [0.2, 0.25) is 0 Å². The summed E-state index contributed by atoms with van der Waals surface area (Å²) in [6.07, 6.45) is 5.26. The smallest absolute Gasteiger partial charge is 0.394 e. The third kappa shape index (κ3) is 27.0. The quantitative estimate of drug-likeness (QED) is 0.446. The van der Waals surface area contributed by atoms with Crippen LogP contribution < -0.4 is 11.1 Å². The molecule has 0 spiro atoms. The van der Waals surface area contributed by atoms with Crippen molar-refractivity contribution in [1.29, 1.82) is 0 Å². The lowest BCUT2D eigenvalue weighted by Gasteiger charge is -2.02. The summed E-state index contributed by atoms with van der Waals surface area (Å²) in [7, 11) is -4.67. The Morgan fingerprint density at radius 2 is 1.79 bits per heavy atom. The van der Waals surface area contributed by atoms with Gasteiger partial charge in [0, 0.05) is 0 Å². The van der Waals surface area contributed by atoms with Crippen LogP contribution in [0.2, 0.25) is 0 Å². The van der Waals surface area contributed by atoms with E-state index in [1.165, 1.54) is 25.9 Å². The summed E-state index contributed by atoms with van der Waals surface area (Å²) in [6.45, 7) is 2.50. The maximum Gasteiger partial charge on any atom is 0.394 e. The zero-order valence-electron chi connectivity index (χ0n) is 10.8. The van der Waals surface area contributed by atoms with Crippen LogP contribution in [0.15, 0.2) is 0 Å². The monoisotopic (exact) mass is 318 g/mol. The zero-order valence-corrected chi connectivity index (χ0v) is 12.4. The molecule has 1 aliphatic heterocycles. The highest BCUT2D eigenvalue weighted by molar-refractivity contribution is 7.98. The number of hydrogen-bond donors (Lipinski definition) is 5. The van der Waals surface area contributed by atoms with E-state index < -0.39 is 22.4 Å². The van der Waals surface area contributed by atoms with Gasteiger partial charge in [-0.2, -0.15) is 20.2 Å². The van der Waals surface area contributed by atoms with E-state index in [-0.39, 0.29) is 0 Å². The number of thioether (sulfide) groups is 1. The van der Waals surface area contributed by atoms with Gasteiger partial charge in [0.05, 0.1) is 0 Å². The molecule has 0 saturated carbocycles. The highest BCUT2D eigenvalue weighted by Crippen LogP contribution is 1.97. The number of carbonyl (C=O) groups is 1. The van der Waals surface area contributed by atoms with Crippen LogP contribution in [0.4, 0.5) is 0 Å². The highest BCUT2D eigenvalue weighted by Gasteiger charge is 2.08. The lowest BCUT2D eigenvalue weighted by molar-refractivity contribution is -0.138. The Morgan fingerprint density at radius 3 is 2.00 bits per heavy atom. The van der Waals surface area contributed by atoms with Crippen molar-refractivity contribution in [3.05, 3.63) is 0 Å². The molecule has 6 N–H and O–H groups in total. The SMILES string of the molecule is C1CCNC1.CSCC[C@H](N)C(=O)O.O=S(=O)(O)O. The molecule has 1 fully saturated rings. The summed E-state index contributed by atoms with van der Waals surface area (Å²) < 4.78 is 31.6. The standard InChI is InChI=1S/C5H11NO2S.C4H9N.H2O4S/c1-9-3-2-4(6)5(7)8;1-2-4-5-3-1;1-5(2,3)4/h4H,2-3,6H2,1H3,(H,7,8);5H,1-4H2;(H2,1,2,3,4)/t4-;;/m0../s1. The van der Waals surface area contributed by atoms with Gasteiger partial charge in [-0.15, -0.1) is 0 Å². The van der Waals surface area contributed by atoms with Crippen molar-refractivity contribution in [3.8, 4) is 0 Å². The Morgan fingerprint density at radius 1 is 1.37 bits per heavy atom. The summed E-state index contributed by atoms with van der Waals surface area (Å²) in [6, 6.07) is -0.683. The van der Waals surface area contributed by atoms with E-state index >= 15 is 0 Å². The average molecular weight is 318 g/mol. The third-order valence-electron chi connectivity index (χ3n) is 1.91. The van der Waals surface area contributed by atoms with Crippen molar-refractivity contribution in [2.24, 2.45) is 5.73 Å². The summed E-state index contributed by atoms with van der Waals surface area (Å²) in [5, 5.41) is 11.5. The first-order chi connectivity index (χ1) is 8.68. The molecule has 0 bridgehead atoms. The largest absolute Gasteiger partial charge is 0.480 e. The van der Waals surface area contributed by atoms with Gasteiger partial charge in [-0.05, 0) is 44.4 Å². The van der Waals surface area contributed by atoms with E-state index in [2.05, 4.69) is 5.32 Å². The van der Waals surface area contributed by atoms with Gasteiger partial charge in [-0.25, -0.2) is 0 Å². The van der Waals surface area contributed by atoms with Crippen molar-refractivity contribution in [2.45, 2.75) is 25.3 Å². The summed E-state index contributed by atoms with van der Waals surface area (Å²) in [5.74, 6) is -0.1000. The minimum absolute atomic E-state index is 0.552. The number of nitrogens with two attached hydrogens (primary N) is 1. The minimum atomic E-state index is -4.67. The van der Waals surface area contributed by atoms with Crippen LogP contribution in [-0.2, 0) is 15.2 Å². The molecule has 8 nitrogen and oxygen atoms in total. The van der Waals surface area contributed by atoms with E-state index in [9.17, 15) is 4.79 Å². The molecule has 0 aliphatic carbocycles. The fourth-order valence-electron chi connectivity index (χ4n) is 0.993. The van der Waals surface area contributed by atoms with Gasteiger partial charge >= 0.3 is 16.4 Å². The van der Waals surface area contributed by atoms with Gasteiger partial charge in [0.25, 0.3) is 0 Å². The van der Waals surface area contributed by atoms with Gasteiger partial charge in [-0.1, -0.05) is 0 Å². The lowest BCUT2D eigenvalue weighted by Crippen LogP contribution is -2.30. The summed E-state index contributed by atoms with van der Waals surface area (Å²) in [5.41, 5.74) is 5.19. The number of carboxylic acid groups (broad SMARTS) is 1. The normalized spacial score (nSPS) is 15.6. The number of rotatable bonds is 4. The Hall–Kier alpha value is -0.390. The van der Waals surface area contributed by atoms with E-state index in [1.54, 1.807) is 11.8 Å². The van der Waals surface area contributed by atoms with Crippen LogP contribution in [0.3, 0.4) is 0 Å². The molecule has 0 unspecified atom stereocenters. The molecule has 1 heterocycles. The first-order valence-corrected chi connectivity index (χ1v) is 8.35. The molecular weight excluding hydrogens is 296 g/mol. The van der Waals surface area contributed by atoms with E-state index in [4.69, 9.17) is 28.4 Å². The number of nitrogens with one attached hydrogen (secondary N) is 1. The van der Waals surface area contributed by atoms with Gasteiger partial charge < -0.3 is 16.2 Å². The van der Waals surface area contributed by atoms with Crippen LogP contribution in [0.5, 0.6) is 0 Å². The van der Waals surface area contributed by atoms with Crippen molar-refractivity contribution in [2.75, 3.05) is 25.1 Å². The second-order valence-corrected chi connectivity index (χ2v) is 5.51. The van der Waals surface area contributed by atoms with Crippen molar-refractivity contribution < 1.29 is 27.4 Å². The molecule has 10 heteroatoms. The number of hydrogen-bond acceptors (Lipinski definition) is 6. The average Bonchev–Trinajstić information content (AvgIpc) is 2.81. The first kappa shape index (κ1) is 20.9. The molecule has 0 aromatic rings. The zero-order chi connectivity index (χ0) is 15.3. The number of aliphatic carboxylic acids is 1. The Bertz CT molecular complexity index is 303. The molecule has 19 heavy (non-hydrogen) atoms. The van der Waals surface area contributed by atoms with Crippen LogP contribution in [0.1, 0.15) is 19.3 Å². The van der Waals surface area contributed by atoms with Gasteiger partial charge in [0.1, 0.15) is 6.04 Å². The molecule has 1 aliphatic rings. The number of carboxylic acids is 1. The summed E-state index contributed by atoms with van der Waals surface area (Å²) in [4.78, 5) is 10.1.